The summed E-state index contributed by atoms with van der Waals surface area (Å²) in [5.41, 5.74) is 3.27. The zero-order valence-electron chi connectivity index (χ0n) is 29.4. The van der Waals surface area contributed by atoms with E-state index < -0.39 is 16.1 Å². The lowest BCUT2D eigenvalue weighted by atomic mass is 9.86. The Balaban J connectivity index is 1.14. The van der Waals surface area contributed by atoms with E-state index in [1.54, 1.807) is 13.0 Å². The van der Waals surface area contributed by atoms with Crippen molar-refractivity contribution in [3.05, 3.63) is 78.1 Å². The minimum Gasteiger partial charge on any atom is -0.492 e. The predicted octanol–water partition coefficient (Wildman–Crippen LogP) is 6.16. The third kappa shape index (κ3) is 7.63. The minimum atomic E-state index is -3.59. The standard InChI is InChI=1S/C36H46N6O6S2/c1-7-50(44,45)39(5)30-21-26(36(2,3)4)20-28(33(30)46-6)38-34(43)37-23-25-10-8-9-11-31(25)48-27-12-13-32-29(22-27)42-15-14-41(35(42)49-32)24-40-16-18-47-19-17-40/h8-15,20-22,35H,7,16-19,23-24H2,1-6H3,(H2,37,38,43). The molecule has 1 atom stereocenters. The van der Waals surface area contributed by atoms with Crippen LogP contribution in [0.2, 0.25) is 0 Å². The SMILES string of the molecule is CCS(=O)(=O)N(C)c1cc(C(C)(C)C)cc(NC(=O)NCc2ccccc2Oc2ccc3c(c2)N2C=CN(CN4CCOCC4)C2S3)c1OC. The highest BCUT2D eigenvalue weighted by molar-refractivity contribution is 8.00. The number of hydrogen-bond donors (Lipinski definition) is 2. The molecule has 3 aliphatic heterocycles. The van der Waals surface area contributed by atoms with E-state index in [2.05, 4.69) is 49.9 Å². The van der Waals surface area contributed by atoms with Crippen LogP contribution in [0.25, 0.3) is 0 Å². The van der Waals surface area contributed by atoms with E-state index in [9.17, 15) is 13.2 Å². The van der Waals surface area contributed by atoms with Gasteiger partial charge in [-0.25, -0.2) is 13.2 Å². The smallest absolute Gasteiger partial charge is 0.319 e. The quantitative estimate of drug-likeness (QED) is 0.238. The number of carbonyl (C=O) groups excluding carboxylic acids is 1. The number of fused-ring (bicyclic) bond motifs is 3. The van der Waals surface area contributed by atoms with Crippen LogP contribution in [0.5, 0.6) is 17.2 Å². The zero-order valence-corrected chi connectivity index (χ0v) is 31.1. The van der Waals surface area contributed by atoms with Gasteiger partial charge in [0.2, 0.25) is 10.0 Å². The van der Waals surface area contributed by atoms with Gasteiger partial charge >= 0.3 is 6.03 Å². The fourth-order valence-corrected chi connectivity index (χ4v) is 8.06. The number of urea groups is 1. The van der Waals surface area contributed by atoms with Crippen molar-refractivity contribution in [2.24, 2.45) is 0 Å². The maximum absolute atomic E-state index is 13.3. The second-order valence-electron chi connectivity index (χ2n) is 13.4. The molecule has 2 amide bonds. The van der Waals surface area contributed by atoms with Crippen LogP contribution in [-0.2, 0) is 26.7 Å². The molecular weight excluding hydrogens is 677 g/mol. The molecule has 0 radical (unpaired) electrons. The molecule has 1 fully saturated rings. The molecule has 0 spiro atoms. The van der Waals surface area contributed by atoms with Gasteiger partial charge in [0, 0.05) is 55.6 Å². The van der Waals surface area contributed by atoms with Gasteiger partial charge in [-0.2, -0.15) is 0 Å². The van der Waals surface area contributed by atoms with Crippen LogP contribution >= 0.6 is 11.8 Å². The predicted molar refractivity (Wildman–Crippen MR) is 199 cm³/mol. The van der Waals surface area contributed by atoms with E-state index in [1.807, 2.05) is 68.9 Å². The Bertz CT molecular complexity index is 1860. The molecule has 1 saturated heterocycles. The summed E-state index contributed by atoms with van der Waals surface area (Å²) in [7, 11) is -0.640. The third-order valence-electron chi connectivity index (χ3n) is 9.00. The number of nitrogens with one attached hydrogen (secondary N) is 2. The number of hydrogen-bond acceptors (Lipinski definition) is 10. The second-order valence-corrected chi connectivity index (χ2v) is 16.8. The molecule has 12 nitrogen and oxygen atoms in total. The normalized spacial score (nSPS) is 17.4. The highest BCUT2D eigenvalue weighted by atomic mass is 32.2. The molecule has 1 unspecified atom stereocenters. The molecule has 0 saturated carbocycles. The van der Waals surface area contributed by atoms with Crippen LogP contribution in [0.3, 0.4) is 0 Å². The lowest BCUT2D eigenvalue weighted by molar-refractivity contribution is 0.0183. The Morgan fingerprint density at radius 3 is 2.56 bits per heavy atom. The third-order valence-corrected chi connectivity index (χ3v) is 12.1. The molecule has 3 aliphatic rings. The number of nitrogens with zero attached hydrogens (tertiary/aromatic N) is 4. The van der Waals surface area contributed by atoms with Crippen LogP contribution in [0.1, 0.15) is 38.8 Å². The summed E-state index contributed by atoms with van der Waals surface area (Å²) in [4.78, 5) is 21.6. The largest absolute Gasteiger partial charge is 0.492 e. The summed E-state index contributed by atoms with van der Waals surface area (Å²) >= 11 is 1.82. The monoisotopic (exact) mass is 722 g/mol. The average molecular weight is 723 g/mol. The lowest BCUT2D eigenvalue weighted by Crippen LogP contribution is -2.45. The number of anilines is 3. The molecule has 0 bridgehead atoms. The van der Waals surface area contributed by atoms with Gasteiger partial charge < -0.3 is 34.6 Å². The van der Waals surface area contributed by atoms with Gasteiger partial charge in [0.15, 0.2) is 11.2 Å². The summed E-state index contributed by atoms with van der Waals surface area (Å²) in [6, 6.07) is 16.9. The number of ether oxygens (including phenoxy) is 3. The number of benzene rings is 3. The first kappa shape index (κ1) is 35.7. The molecule has 3 heterocycles. The van der Waals surface area contributed by atoms with Crippen molar-refractivity contribution in [2.75, 3.05) is 67.4 Å². The van der Waals surface area contributed by atoms with Crippen molar-refractivity contribution in [1.82, 2.24) is 15.1 Å². The van der Waals surface area contributed by atoms with Gasteiger partial charge in [-0.3, -0.25) is 9.21 Å². The number of carbonyl (C=O) groups is 1. The first-order valence-electron chi connectivity index (χ1n) is 16.7. The van der Waals surface area contributed by atoms with Gasteiger partial charge in [0.05, 0.1) is 49.8 Å². The van der Waals surface area contributed by atoms with E-state index in [0.29, 0.717) is 22.9 Å². The van der Waals surface area contributed by atoms with Crippen molar-refractivity contribution < 1.29 is 27.4 Å². The van der Waals surface area contributed by atoms with Crippen molar-refractivity contribution in [1.29, 1.82) is 0 Å². The van der Waals surface area contributed by atoms with Crippen LogP contribution in [0, 0.1) is 0 Å². The maximum Gasteiger partial charge on any atom is 0.319 e. The van der Waals surface area contributed by atoms with Crippen molar-refractivity contribution in [3.8, 4) is 17.2 Å². The van der Waals surface area contributed by atoms with E-state index in [-0.39, 0.29) is 29.0 Å². The molecule has 14 heteroatoms. The average Bonchev–Trinajstić information content (AvgIpc) is 3.66. The lowest BCUT2D eigenvalue weighted by Gasteiger charge is -2.33. The van der Waals surface area contributed by atoms with Crippen molar-refractivity contribution in [3.63, 3.8) is 0 Å². The van der Waals surface area contributed by atoms with Crippen molar-refractivity contribution in [2.45, 2.75) is 50.0 Å². The molecule has 6 rings (SSSR count). The molecule has 268 valence electrons. The Kier molecular flexibility index (Phi) is 10.4. The maximum atomic E-state index is 13.3. The van der Waals surface area contributed by atoms with E-state index >= 15 is 0 Å². The van der Waals surface area contributed by atoms with Gasteiger partial charge in [-0.15, -0.1) is 0 Å². The Morgan fingerprint density at radius 1 is 1.08 bits per heavy atom. The number of amides is 2. The molecule has 50 heavy (non-hydrogen) atoms. The highest BCUT2D eigenvalue weighted by Gasteiger charge is 2.37. The summed E-state index contributed by atoms with van der Waals surface area (Å²) < 4.78 is 44.4. The van der Waals surface area contributed by atoms with E-state index in [0.717, 1.165) is 49.8 Å². The molecule has 3 aromatic carbocycles. The van der Waals surface area contributed by atoms with Crippen LogP contribution in [0.4, 0.5) is 21.9 Å². The fourth-order valence-electron chi connectivity index (χ4n) is 6.00. The van der Waals surface area contributed by atoms with Crippen LogP contribution in [-0.4, -0.2) is 82.6 Å². The molecule has 0 aromatic heterocycles. The number of para-hydroxylation sites is 1. The zero-order chi connectivity index (χ0) is 35.6. The molecule has 3 aromatic rings. The van der Waals surface area contributed by atoms with E-state index in [1.165, 1.54) is 23.4 Å². The Hall–Kier alpha value is -4.11. The summed E-state index contributed by atoms with van der Waals surface area (Å²) in [5, 5.41) is 5.82. The molecule has 0 aliphatic carbocycles. The van der Waals surface area contributed by atoms with Crippen molar-refractivity contribution >= 4 is 44.9 Å². The summed E-state index contributed by atoms with van der Waals surface area (Å²) in [6.45, 7) is 12.1. The van der Waals surface area contributed by atoms with E-state index in [4.69, 9.17) is 14.2 Å². The fraction of sp³-hybridized carbons (Fsp3) is 0.417. The number of sulfonamides is 1. The second kappa shape index (κ2) is 14.6. The number of methoxy groups -OCH3 is 1. The Labute approximate surface area is 299 Å². The number of thioether (sulfide) groups is 1. The Morgan fingerprint density at radius 2 is 1.84 bits per heavy atom. The van der Waals surface area contributed by atoms with Gasteiger partial charge in [-0.1, -0.05) is 50.7 Å². The summed E-state index contributed by atoms with van der Waals surface area (Å²) in [5.74, 6) is 1.50. The topological polar surface area (TPSA) is 116 Å². The van der Waals surface area contributed by atoms with Gasteiger partial charge in [-0.05, 0) is 48.2 Å². The molecular formula is C36H46N6O6S2. The molecule has 2 N–H and O–H groups in total. The van der Waals surface area contributed by atoms with Gasteiger partial charge in [0.1, 0.15) is 11.5 Å². The van der Waals surface area contributed by atoms with Gasteiger partial charge in [0.25, 0.3) is 0 Å². The first-order valence-corrected chi connectivity index (χ1v) is 19.2. The van der Waals surface area contributed by atoms with Crippen LogP contribution < -0.4 is 29.3 Å². The number of morpholine rings is 1. The minimum absolute atomic E-state index is 0.0780. The summed E-state index contributed by atoms with van der Waals surface area (Å²) in [6.07, 6.45) is 4.27. The first-order chi connectivity index (χ1) is 23.9. The van der Waals surface area contributed by atoms with Crippen LogP contribution in [0.15, 0.2) is 71.9 Å². The highest BCUT2D eigenvalue weighted by Crippen LogP contribution is 2.49. The number of rotatable bonds is 11.